The maximum absolute atomic E-state index is 12.4. The molecule has 6 heteroatoms. The molecule has 2 N–H and O–H groups in total. The fourth-order valence-corrected chi connectivity index (χ4v) is 2.63. The molecule has 1 heterocycles. The molecule has 3 amide bonds. The zero-order valence-corrected chi connectivity index (χ0v) is 12.1. The highest BCUT2D eigenvalue weighted by Gasteiger charge is 2.36. The van der Waals surface area contributed by atoms with E-state index < -0.39 is 17.9 Å². The standard InChI is InChI=1S/C14H21N3O3/c1-5-11(18)17-7-6-10(8-17)14(20)16(4)12(9(2)3)13(15)19/h1,9-10,12H,6-8H2,2-4H3,(H2,15,19)/t10-,12-/m0/s1. The Hall–Kier alpha value is -2.03. The maximum Gasteiger partial charge on any atom is 0.298 e. The lowest BCUT2D eigenvalue weighted by Crippen LogP contribution is -2.50. The first kappa shape index (κ1) is 16.0. The van der Waals surface area contributed by atoms with Crippen LogP contribution in [-0.4, -0.2) is 53.7 Å². The van der Waals surface area contributed by atoms with Gasteiger partial charge in [0.1, 0.15) is 6.04 Å². The highest BCUT2D eigenvalue weighted by Crippen LogP contribution is 2.21. The van der Waals surface area contributed by atoms with E-state index >= 15 is 0 Å². The average molecular weight is 279 g/mol. The van der Waals surface area contributed by atoms with Crippen LogP contribution in [0.2, 0.25) is 0 Å². The van der Waals surface area contributed by atoms with E-state index in [0.717, 1.165) is 0 Å². The molecule has 1 aliphatic rings. The van der Waals surface area contributed by atoms with Crippen LogP contribution < -0.4 is 5.73 Å². The number of hydrogen-bond acceptors (Lipinski definition) is 3. The molecule has 0 saturated carbocycles. The zero-order valence-electron chi connectivity index (χ0n) is 12.1. The lowest BCUT2D eigenvalue weighted by atomic mass is 9.99. The highest BCUT2D eigenvalue weighted by molar-refractivity contribution is 5.94. The van der Waals surface area contributed by atoms with Crippen LogP contribution in [0.1, 0.15) is 20.3 Å². The highest BCUT2D eigenvalue weighted by atomic mass is 16.2. The third-order valence-electron chi connectivity index (χ3n) is 3.64. The van der Waals surface area contributed by atoms with E-state index in [4.69, 9.17) is 12.2 Å². The smallest absolute Gasteiger partial charge is 0.298 e. The number of likely N-dealkylation sites (tertiary alicyclic amines) is 1. The summed E-state index contributed by atoms with van der Waals surface area (Å²) >= 11 is 0. The van der Waals surface area contributed by atoms with Crippen molar-refractivity contribution in [3.8, 4) is 12.3 Å². The van der Waals surface area contributed by atoms with Gasteiger partial charge in [-0.05, 0) is 18.3 Å². The number of carbonyl (C=O) groups excluding carboxylic acids is 3. The Bertz CT molecular complexity index is 453. The number of terminal acetylenes is 1. The van der Waals surface area contributed by atoms with E-state index in [1.54, 1.807) is 7.05 Å². The Labute approximate surface area is 119 Å². The van der Waals surface area contributed by atoms with Crippen molar-refractivity contribution in [2.45, 2.75) is 26.3 Å². The van der Waals surface area contributed by atoms with Gasteiger partial charge in [-0.2, -0.15) is 0 Å². The first-order chi connectivity index (χ1) is 9.29. The van der Waals surface area contributed by atoms with E-state index in [-0.39, 0.29) is 17.7 Å². The Morgan fingerprint density at radius 2 is 2.00 bits per heavy atom. The number of amides is 3. The van der Waals surface area contributed by atoms with Crippen LogP contribution in [0.5, 0.6) is 0 Å². The molecular formula is C14H21N3O3. The number of nitrogens with two attached hydrogens (primary N) is 1. The van der Waals surface area contributed by atoms with Crippen molar-refractivity contribution in [2.75, 3.05) is 20.1 Å². The Morgan fingerprint density at radius 1 is 1.40 bits per heavy atom. The van der Waals surface area contributed by atoms with Gasteiger partial charge in [-0.25, -0.2) is 0 Å². The minimum absolute atomic E-state index is 0.0636. The van der Waals surface area contributed by atoms with Crippen LogP contribution in [-0.2, 0) is 14.4 Å². The van der Waals surface area contributed by atoms with Gasteiger partial charge in [-0.1, -0.05) is 13.8 Å². The average Bonchev–Trinajstić information content (AvgIpc) is 2.85. The number of rotatable bonds is 4. The van der Waals surface area contributed by atoms with Crippen LogP contribution in [0.15, 0.2) is 0 Å². The van der Waals surface area contributed by atoms with Crippen molar-refractivity contribution in [3.63, 3.8) is 0 Å². The first-order valence-electron chi connectivity index (χ1n) is 6.61. The lowest BCUT2D eigenvalue weighted by molar-refractivity contribution is -0.142. The van der Waals surface area contributed by atoms with Crippen LogP contribution in [0.25, 0.3) is 0 Å². The topological polar surface area (TPSA) is 83.7 Å². The predicted molar refractivity (Wildman–Crippen MR) is 74.1 cm³/mol. The molecule has 0 aromatic carbocycles. The van der Waals surface area contributed by atoms with Crippen LogP contribution in [0.3, 0.4) is 0 Å². The van der Waals surface area contributed by atoms with Crippen molar-refractivity contribution in [1.29, 1.82) is 0 Å². The molecule has 0 radical (unpaired) electrons. The summed E-state index contributed by atoms with van der Waals surface area (Å²) in [6.45, 7) is 4.44. The number of nitrogens with zero attached hydrogens (tertiary/aromatic N) is 2. The quantitative estimate of drug-likeness (QED) is 0.700. The molecule has 20 heavy (non-hydrogen) atoms. The van der Waals surface area contributed by atoms with E-state index in [0.29, 0.717) is 19.5 Å². The zero-order chi connectivity index (χ0) is 15.4. The Morgan fingerprint density at radius 3 is 2.45 bits per heavy atom. The van der Waals surface area contributed by atoms with E-state index in [2.05, 4.69) is 0 Å². The summed E-state index contributed by atoms with van der Waals surface area (Å²) in [4.78, 5) is 38.1. The van der Waals surface area contributed by atoms with Gasteiger partial charge in [0.05, 0.1) is 5.92 Å². The van der Waals surface area contributed by atoms with Gasteiger partial charge in [0.25, 0.3) is 5.91 Å². The van der Waals surface area contributed by atoms with Gasteiger partial charge in [0.2, 0.25) is 11.8 Å². The summed E-state index contributed by atoms with van der Waals surface area (Å²) < 4.78 is 0. The summed E-state index contributed by atoms with van der Waals surface area (Å²) in [6.07, 6.45) is 5.62. The normalized spacial score (nSPS) is 19.6. The molecule has 1 aliphatic heterocycles. The van der Waals surface area contributed by atoms with Gasteiger partial charge >= 0.3 is 0 Å². The number of carbonyl (C=O) groups is 3. The summed E-state index contributed by atoms with van der Waals surface area (Å²) in [5.41, 5.74) is 5.35. The number of primary amides is 1. The van der Waals surface area contributed by atoms with E-state index in [1.165, 1.54) is 9.80 Å². The molecule has 1 saturated heterocycles. The maximum atomic E-state index is 12.4. The fourth-order valence-electron chi connectivity index (χ4n) is 2.63. The molecule has 0 unspecified atom stereocenters. The van der Waals surface area contributed by atoms with Crippen LogP contribution in [0, 0.1) is 24.2 Å². The number of likely N-dealkylation sites (N-methyl/N-ethyl adjacent to an activating group) is 1. The van der Waals surface area contributed by atoms with Gasteiger partial charge in [-0.15, -0.1) is 6.42 Å². The third-order valence-corrected chi connectivity index (χ3v) is 3.64. The second kappa shape index (κ2) is 6.42. The molecular weight excluding hydrogens is 258 g/mol. The molecule has 2 atom stereocenters. The van der Waals surface area contributed by atoms with E-state index in [9.17, 15) is 14.4 Å². The molecule has 0 aromatic rings. The largest absolute Gasteiger partial charge is 0.368 e. The second-order valence-electron chi connectivity index (χ2n) is 5.42. The predicted octanol–water partition coefficient (Wildman–Crippen LogP) is -0.564. The summed E-state index contributed by atoms with van der Waals surface area (Å²) in [7, 11) is 1.57. The van der Waals surface area contributed by atoms with Crippen molar-refractivity contribution < 1.29 is 14.4 Å². The van der Waals surface area contributed by atoms with Gasteiger partial charge in [0.15, 0.2) is 0 Å². The van der Waals surface area contributed by atoms with Crippen LogP contribution >= 0.6 is 0 Å². The minimum atomic E-state index is -0.639. The first-order valence-corrected chi connectivity index (χ1v) is 6.61. The van der Waals surface area contributed by atoms with Gasteiger partial charge < -0.3 is 15.5 Å². The molecule has 0 aliphatic carbocycles. The SMILES string of the molecule is C#CC(=O)N1CC[C@H](C(=O)N(C)[C@H](C(N)=O)C(C)C)C1. The molecule has 0 bridgehead atoms. The molecule has 6 nitrogen and oxygen atoms in total. The molecule has 1 rings (SSSR count). The Kier molecular flexibility index (Phi) is 5.14. The monoisotopic (exact) mass is 279 g/mol. The van der Waals surface area contributed by atoms with Gasteiger partial charge in [-0.3, -0.25) is 14.4 Å². The van der Waals surface area contributed by atoms with Crippen molar-refractivity contribution in [2.24, 2.45) is 17.6 Å². The van der Waals surface area contributed by atoms with Crippen molar-refractivity contribution in [3.05, 3.63) is 0 Å². The minimum Gasteiger partial charge on any atom is -0.368 e. The van der Waals surface area contributed by atoms with Crippen molar-refractivity contribution >= 4 is 17.7 Å². The van der Waals surface area contributed by atoms with Gasteiger partial charge in [0, 0.05) is 20.1 Å². The number of hydrogen-bond donors (Lipinski definition) is 1. The third kappa shape index (κ3) is 3.29. The molecule has 0 spiro atoms. The fraction of sp³-hybridized carbons (Fsp3) is 0.643. The molecule has 0 aromatic heterocycles. The summed E-state index contributed by atoms with van der Waals surface area (Å²) in [5.74, 6) is 0.559. The van der Waals surface area contributed by atoms with Crippen LogP contribution in [0.4, 0.5) is 0 Å². The Balaban J connectivity index is 2.74. The summed E-state index contributed by atoms with van der Waals surface area (Å²) in [5, 5.41) is 0. The van der Waals surface area contributed by atoms with E-state index in [1.807, 2.05) is 19.8 Å². The molecule has 110 valence electrons. The summed E-state index contributed by atoms with van der Waals surface area (Å²) in [6, 6.07) is -0.639. The lowest BCUT2D eigenvalue weighted by Gasteiger charge is -2.30. The molecule has 1 fully saturated rings. The second-order valence-corrected chi connectivity index (χ2v) is 5.42. The van der Waals surface area contributed by atoms with Crippen molar-refractivity contribution in [1.82, 2.24) is 9.80 Å².